The molecule has 0 fully saturated rings. The molecule has 7 nitrogen and oxygen atoms in total. The molecule has 0 bridgehead atoms. The number of likely N-dealkylation sites (N-methyl/N-ethyl adjacent to an activating group) is 1. The number of anilines is 2. The summed E-state index contributed by atoms with van der Waals surface area (Å²) in [5.41, 5.74) is 1.75. The predicted octanol–water partition coefficient (Wildman–Crippen LogP) is 4.50. The van der Waals surface area contributed by atoms with Crippen LogP contribution < -0.4 is 10.6 Å². The smallest absolute Gasteiger partial charge is 0.255 e. The highest BCUT2D eigenvalue weighted by Crippen LogP contribution is 2.15. The van der Waals surface area contributed by atoms with E-state index < -0.39 is 0 Å². The molecule has 0 atom stereocenters. The molecule has 2 aromatic heterocycles. The molecule has 32 heavy (non-hydrogen) atoms. The van der Waals surface area contributed by atoms with Crippen LogP contribution in [0.15, 0.2) is 54.2 Å². The Labute approximate surface area is 193 Å². The van der Waals surface area contributed by atoms with Gasteiger partial charge < -0.3 is 15.5 Å². The zero-order chi connectivity index (χ0) is 22.8. The van der Waals surface area contributed by atoms with Gasteiger partial charge in [0.2, 0.25) is 5.91 Å². The molecule has 0 unspecified atom stereocenters. The van der Waals surface area contributed by atoms with Crippen LogP contribution in [0.4, 0.5) is 11.4 Å². The van der Waals surface area contributed by atoms with Gasteiger partial charge in [-0.05, 0) is 55.6 Å². The lowest BCUT2D eigenvalue weighted by Crippen LogP contribution is -2.27. The number of amides is 2. The van der Waals surface area contributed by atoms with E-state index >= 15 is 0 Å². The SMILES string of the molecule is CCN(CC)CCn1cc(NC(=O)c2cccc(NC(=O)CCCc3cccs3)c2)cn1. The molecule has 2 amide bonds. The van der Waals surface area contributed by atoms with Gasteiger partial charge in [-0.2, -0.15) is 5.10 Å². The number of carbonyl (C=O) groups excluding carboxylic acids is 2. The molecule has 2 heterocycles. The standard InChI is InChI=1S/C24H31N5O2S/c1-3-28(4-2)13-14-29-18-21(17-25-29)27-24(31)19-8-5-9-20(16-19)26-23(30)12-6-10-22-11-7-15-32-22/h5,7-9,11,15-18H,3-4,6,10,12-14H2,1-2H3,(H,26,30)(H,27,31). The van der Waals surface area contributed by atoms with Gasteiger partial charge in [-0.3, -0.25) is 14.3 Å². The van der Waals surface area contributed by atoms with Gasteiger partial charge >= 0.3 is 0 Å². The number of hydrogen-bond donors (Lipinski definition) is 2. The molecule has 2 N–H and O–H groups in total. The molecule has 3 rings (SSSR count). The predicted molar refractivity (Wildman–Crippen MR) is 130 cm³/mol. The summed E-state index contributed by atoms with van der Waals surface area (Å²) in [5, 5.41) is 12.1. The Morgan fingerprint density at radius 3 is 2.69 bits per heavy atom. The van der Waals surface area contributed by atoms with Crippen LogP contribution >= 0.6 is 11.3 Å². The van der Waals surface area contributed by atoms with Crippen molar-refractivity contribution in [2.24, 2.45) is 0 Å². The summed E-state index contributed by atoms with van der Waals surface area (Å²) in [4.78, 5) is 28.5. The molecular weight excluding hydrogens is 422 g/mol. The Morgan fingerprint density at radius 1 is 1.09 bits per heavy atom. The largest absolute Gasteiger partial charge is 0.326 e. The molecular formula is C24H31N5O2S. The minimum atomic E-state index is -0.234. The van der Waals surface area contributed by atoms with E-state index in [1.54, 1.807) is 41.8 Å². The third kappa shape index (κ3) is 7.32. The highest BCUT2D eigenvalue weighted by Gasteiger charge is 2.10. The lowest BCUT2D eigenvalue weighted by atomic mass is 10.1. The number of thiophene rings is 1. The number of nitrogens with one attached hydrogen (secondary N) is 2. The second-order valence-electron chi connectivity index (χ2n) is 7.53. The molecule has 0 aliphatic rings. The molecule has 0 aliphatic heterocycles. The number of aryl methyl sites for hydroxylation is 1. The maximum atomic E-state index is 12.7. The van der Waals surface area contributed by atoms with E-state index in [4.69, 9.17) is 0 Å². The molecule has 3 aromatic rings. The van der Waals surface area contributed by atoms with Crippen molar-refractivity contribution in [1.29, 1.82) is 0 Å². The van der Waals surface area contributed by atoms with Gasteiger partial charge in [0.05, 0.1) is 18.4 Å². The zero-order valence-electron chi connectivity index (χ0n) is 18.7. The first-order chi connectivity index (χ1) is 15.6. The molecule has 0 radical (unpaired) electrons. The fourth-order valence-corrected chi connectivity index (χ4v) is 4.13. The van der Waals surface area contributed by atoms with Gasteiger partial charge in [0.15, 0.2) is 0 Å². The lowest BCUT2D eigenvalue weighted by molar-refractivity contribution is -0.116. The van der Waals surface area contributed by atoms with Crippen LogP contribution in [0.2, 0.25) is 0 Å². The van der Waals surface area contributed by atoms with Gasteiger partial charge in [0, 0.05) is 35.3 Å². The van der Waals surface area contributed by atoms with E-state index in [2.05, 4.69) is 40.5 Å². The third-order valence-electron chi connectivity index (χ3n) is 5.25. The number of nitrogens with zero attached hydrogens (tertiary/aromatic N) is 3. The van der Waals surface area contributed by atoms with Crippen LogP contribution in [0.25, 0.3) is 0 Å². The van der Waals surface area contributed by atoms with Crippen LogP contribution in [-0.4, -0.2) is 46.1 Å². The number of rotatable bonds is 12. The van der Waals surface area contributed by atoms with Crippen molar-refractivity contribution < 1.29 is 9.59 Å². The van der Waals surface area contributed by atoms with E-state index in [-0.39, 0.29) is 11.8 Å². The van der Waals surface area contributed by atoms with Crippen LogP contribution in [0.1, 0.15) is 41.9 Å². The molecule has 0 aliphatic carbocycles. The second-order valence-corrected chi connectivity index (χ2v) is 8.57. The molecule has 0 saturated carbocycles. The summed E-state index contributed by atoms with van der Waals surface area (Å²) in [6.45, 7) is 7.97. The quantitative estimate of drug-likeness (QED) is 0.423. The van der Waals surface area contributed by atoms with Crippen LogP contribution in [0, 0.1) is 0 Å². The molecule has 0 spiro atoms. The Kier molecular flexibility index (Phi) is 9.01. The van der Waals surface area contributed by atoms with Crippen LogP contribution in [0.5, 0.6) is 0 Å². The molecule has 0 saturated heterocycles. The second kappa shape index (κ2) is 12.2. The Hall–Kier alpha value is -2.97. The highest BCUT2D eigenvalue weighted by molar-refractivity contribution is 7.09. The van der Waals surface area contributed by atoms with E-state index in [0.29, 0.717) is 23.4 Å². The lowest BCUT2D eigenvalue weighted by Gasteiger charge is -2.17. The Morgan fingerprint density at radius 2 is 1.94 bits per heavy atom. The van der Waals surface area contributed by atoms with Crippen LogP contribution in [0.3, 0.4) is 0 Å². The minimum absolute atomic E-state index is 0.0476. The zero-order valence-corrected chi connectivity index (χ0v) is 19.5. The average Bonchev–Trinajstić information content (AvgIpc) is 3.47. The van der Waals surface area contributed by atoms with Crippen molar-refractivity contribution in [2.75, 3.05) is 30.3 Å². The van der Waals surface area contributed by atoms with Crippen molar-refractivity contribution in [3.63, 3.8) is 0 Å². The summed E-state index contributed by atoms with van der Waals surface area (Å²) in [6.07, 6.45) is 5.63. The number of aromatic nitrogens is 2. The number of benzene rings is 1. The maximum Gasteiger partial charge on any atom is 0.255 e. The topological polar surface area (TPSA) is 79.3 Å². The summed E-state index contributed by atoms with van der Waals surface area (Å²) in [6, 6.07) is 11.1. The van der Waals surface area contributed by atoms with Crippen molar-refractivity contribution in [3.8, 4) is 0 Å². The summed E-state index contributed by atoms with van der Waals surface area (Å²) < 4.78 is 1.83. The summed E-state index contributed by atoms with van der Waals surface area (Å²) in [7, 11) is 0. The third-order valence-corrected chi connectivity index (χ3v) is 6.18. The molecule has 8 heteroatoms. The minimum Gasteiger partial charge on any atom is -0.326 e. The average molecular weight is 454 g/mol. The summed E-state index contributed by atoms with van der Waals surface area (Å²) in [5.74, 6) is -0.282. The Bertz CT molecular complexity index is 996. The first-order valence-electron chi connectivity index (χ1n) is 11.1. The van der Waals surface area contributed by atoms with E-state index in [1.165, 1.54) is 4.88 Å². The maximum absolute atomic E-state index is 12.7. The summed E-state index contributed by atoms with van der Waals surface area (Å²) >= 11 is 1.71. The molecule has 170 valence electrons. The number of carbonyl (C=O) groups is 2. The fourth-order valence-electron chi connectivity index (χ4n) is 3.38. The Balaban J connectivity index is 1.48. The van der Waals surface area contributed by atoms with E-state index in [1.807, 2.05) is 22.3 Å². The van der Waals surface area contributed by atoms with Gasteiger partial charge in [-0.15, -0.1) is 11.3 Å². The van der Waals surface area contributed by atoms with Crippen molar-refractivity contribution in [1.82, 2.24) is 14.7 Å². The van der Waals surface area contributed by atoms with Gasteiger partial charge in [-0.25, -0.2) is 0 Å². The van der Waals surface area contributed by atoms with Crippen molar-refractivity contribution in [2.45, 2.75) is 39.7 Å². The van der Waals surface area contributed by atoms with Gasteiger partial charge in [0.25, 0.3) is 5.91 Å². The van der Waals surface area contributed by atoms with E-state index in [9.17, 15) is 9.59 Å². The van der Waals surface area contributed by atoms with Crippen molar-refractivity contribution >= 4 is 34.5 Å². The fraction of sp³-hybridized carbons (Fsp3) is 0.375. The van der Waals surface area contributed by atoms with E-state index in [0.717, 1.165) is 39.0 Å². The first-order valence-corrected chi connectivity index (χ1v) is 11.9. The molecule has 1 aromatic carbocycles. The monoisotopic (exact) mass is 453 g/mol. The first kappa shape index (κ1) is 23.7. The van der Waals surface area contributed by atoms with Gasteiger partial charge in [-0.1, -0.05) is 26.0 Å². The normalized spacial score (nSPS) is 11.0. The van der Waals surface area contributed by atoms with Crippen LogP contribution in [-0.2, 0) is 17.8 Å². The number of hydrogen-bond acceptors (Lipinski definition) is 5. The van der Waals surface area contributed by atoms with Gasteiger partial charge in [0.1, 0.15) is 0 Å². The van der Waals surface area contributed by atoms with Crippen molar-refractivity contribution in [3.05, 3.63) is 64.6 Å². The highest BCUT2D eigenvalue weighted by atomic mass is 32.1.